The Morgan fingerprint density at radius 2 is 1.55 bits per heavy atom. The topological polar surface area (TPSA) is 108 Å². The van der Waals surface area contributed by atoms with Crippen molar-refractivity contribution in [2.24, 2.45) is 10.7 Å². The number of aldehydes is 1. The van der Waals surface area contributed by atoms with E-state index in [2.05, 4.69) is 4.99 Å². The van der Waals surface area contributed by atoms with E-state index in [1.807, 2.05) is 38.1 Å². The van der Waals surface area contributed by atoms with Crippen molar-refractivity contribution in [2.75, 3.05) is 13.2 Å². The molecule has 2 N–H and O–H groups in total. The number of carbonyl (C=O) groups is 3. The van der Waals surface area contributed by atoms with Crippen LogP contribution in [0.1, 0.15) is 84.7 Å². The number of aliphatic imine (C=N–C) groups is 1. The van der Waals surface area contributed by atoms with Crippen molar-refractivity contribution >= 4 is 40.8 Å². The van der Waals surface area contributed by atoms with Crippen molar-refractivity contribution in [3.8, 4) is 0 Å². The molecule has 33 heavy (non-hydrogen) atoms. The first kappa shape index (κ1) is 26.4. The molecule has 1 aromatic carbocycles. The molecule has 0 aliphatic rings. The van der Waals surface area contributed by atoms with Gasteiger partial charge in [0.25, 0.3) is 0 Å². The van der Waals surface area contributed by atoms with Crippen LogP contribution in [0.3, 0.4) is 0 Å². The second-order valence-corrected chi connectivity index (χ2v) is 9.42. The minimum Gasteiger partial charge on any atom is -0.462 e. The van der Waals surface area contributed by atoms with Crippen LogP contribution in [0.2, 0.25) is 0 Å². The molecular formula is C25H32N2O5S. The van der Waals surface area contributed by atoms with Crippen LogP contribution in [-0.2, 0) is 25.2 Å². The highest BCUT2D eigenvalue weighted by Gasteiger charge is 2.35. The van der Waals surface area contributed by atoms with Crippen LogP contribution in [-0.4, -0.2) is 37.7 Å². The van der Waals surface area contributed by atoms with Gasteiger partial charge in [0.15, 0.2) is 0 Å². The average molecular weight is 473 g/mol. The minimum atomic E-state index is -0.900. The lowest BCUT2D eigenvalue weighted by atomic mass is 9.81. The fourth-order valence-corrected chi connectivity index (χ4v) is 4.33. The second kappa shape index (κ2) is 10.9. The Morgan fingerprint density at radius 1 is 1.00 bits per heavy atom. The molecular weight excluding hydrogens is 440 g/mol. The molecule has 0 saturated heterocycles. The summed E-state index contributed by atoms with van der Waals surface area (Å²) in [4.78, 5) is 42.1. The van der Waals surface area contributed by atoms with Crippen LogP contribution in [0.5, 0.6) is 0 Å². The zero-order chi connectivity index (χ0) is 24.8. The number of hydrogen-bond donors (Lipinski definition) is 1. The van der Waals surface area contributed by atoms with E-state index < -0.39 is 22.9 Å². The van der Waals surface area contributed by atoms with Gasteiger partial charge in [0, 0.05) is 22.0 Å². The molecule has 7 nitrogen and oxygen atoms in total. The third-order valence-electron chi connectivity index (χ3n) is 5.33. The number of ether oxygens (including phenoxy) is 2. The van der Waals surface area contributed by atoms with Gasteiger partial charge < -0.3 is 20.0 Å². The summed E-state index contributed by atoms with van der Waals surface area (Å²) in [6.45, 7) is 11.1. The molecule has 1 unspecified atom stereocenters. The number of benzene rings is 1. The Hall–Kier alpha value is -2.84. The summed E-state index contributed by atoms with van der Waals surface area (Å²) in [7, 11) is 0. The van der Waals surface area contributed by atoms with Gasteiger partial charge in [-0.05, 0) is 52.2 Å². The number of rotatable bonds is 10. The first-order valence-corrected chi connectivity index (χ1v) is 11.7. The number of carbonyl (C=O) groups excluding carboxylic acids is 3. The molecule has 1 atom stereocenters. The number of nitrogens with two attached hydrogens (primary N) is 1. The van der Waals surface area contributed by atoms with E-state index in [9.17, 15) is 14.4 Å². The van der Waals surface area contributed by atoms with Crippen molar-refractivity contribution in [1.29, 1.82) is 0 Å². The van der Waals surface area contributed by atoms with Crippen LogP contribution in [0.25, 0.3) is 0 Å². The predicted octanol–water partition coefficient (Wildman–Crippen LogP) is 4.91. The zero-order valence-electron chi connectivity index (χ0n) is 20.1. The summed E-state index contributed by atoms with van der Waals surface area (Å²) in [6.07, 6.45) is 3.25. The Bertz CT molecular complexity index is 1030. The quantitative estimate of drug-likeness (QED) is 0.299. The third-order valence-corrected chi connectivity index (χ3v) is 6.77. The van der Waals surface area contributed by atoms with Gasteiger partial charge in [-0.1, -0.05) is 31.2 Å². The molecule has 2 aromatic rings. The van der Waals surface area contributed by atoms with Crippen LogP contribution in [0.4, 0.5) is 5.00 Å². The molecule has 0 radical (unpaired) electrons. The zero-order valence-corrected chi connectivity index (χ0v) is 20.9. The molecule has 1 aromatic heterocycles. The molecule has 178 valence electrons. The number of hydrogen-bond acceptors (Lipinski definition) is 8. The van der Waals surface area contributed by atoms with Crippen molar-refractivity contribution in [2.45, 2.75) is 58.9 Å². The van der Waals surface area contributed by atoms with Crippen molar-refractivity contribution in [3.63, 3.8) is 0 Å². The van der Waals surface area contributed by atoms with E-state index >= 15 is 0 Å². The van der Waals surface area contributed by atoms with Crippen LogP contribution >= 0.6 is 11.3 Å². The van der Waals surface area contributed by atoms with E-state index in [-0.39, 0.29) is 24.3 Å². The van der Waals surface area contributed by atoms with Crippen LogP contribution < -0.4 is 5.73 Å². The normalized spacial score (nSPS) is 13.5. The van der Waals surface area contributed by atoms with E-state index in [1.54, 1.807) is 33.9 Å². The minimum absolute atomic E-state index is 0.0567. The van der Waals surface area contributed by atoms with Crippen LogP contribution in [0, 0.1) is 0 Å². The highest BCUT2D eigenvalue weighted by Crippen LogP contribution is 2.41. The fourth-order valence-electron chi connectivity index (χ4n) is 3.19. The summed E-state index contributed by atoms with van der Waals surface area (Å²) in [5.41, 5.74) is 6.71. The molecule has 0 fully saturated rings. The third kappa shape index (κ3) is 5.94. The Balaban J connectivity index is 2.57. The lowest BCUT2D eigenvalue weighted by Crippen LogP contribution is -2.30. The summed E-state index contributed by atoms with van der Waals surface area (Å²) in [5.74, 6) is -1.29. The van der Waals surface area contributed by atoms with Gasteiger partial charge in [-0.15, -0.1) is 11.3 Å². The lowest BCUT2D eigenvalue weighted by Gasteiger charge is -2.21. The average Bonchev–Trinajstić information content (AvgIpc) is 3.18. The molecule has 0 amide bonds. The SMILES string of the molecule is CCOC(=O)c1c(/N=C/c2ccc(C(C)(C=O)CC)cc2)sc(C(C)(C)N)c1C(=O)OCC. The summed E-state index contributed by atoms with van der Waals surface area (Å²) in [5, 5.41) is 0.320. The number of nitrogens with zero attached hydrogens (tertiary/aromatic N) is 1. The van der Waals surface area contributed by atoms with Crippen molar-refractivity contribution in [1.82, 2.24) is 0 Å². The second-order valence-electron chi connectivity index (χ2n) is 8.42. The van der Waals surface area contributed by atoms with E-state index in [1.165, 1.54) is 0 Å². The first-order valence-electron chi connectivity index (χ1n) is 10.9. The first-order chi connectivity index (χ1) is 15.5. The number of esters is 2. The van der Waals surface area contributed by atoms with Crippen molar-refractivity contribution in [3.05, 3.63) is 51.4 Å². The van der Waals surface area contributed by atoms with Crippen molar-refractivity contribution < 1.29 is 23.9 Å². The van der Waals surface area contributed by atoms with Gasteiger partial charge >= 0.3 is 11.9 Å². The standard InChI is InChI=1S/C25H32N2O5S/c1-7-25(6,15-28)17-12-10-16(11-13-17)14-27-21-19(23(30)32-9-3)18(22(29)31-8-2)20(33-21)24(4,5)26/h10-15H,7-9,26H2,1-6H3/b27-14+. The molecule has 0 aliphatic carbocycles. The van der Waals surface area contributed by atoms with Gasteiger partial charge in [0.1, 0.15) is 16.9 Å². The maximum atomic E-state index is 12.8. The summed E-state index contributed by atoms with van der Waals surface area (Å²) < 4.78 is 10.4. The molecule has 2 rings (SSSR count). The van der Waals surface area contributed by atoms with Gasteiger partial charge in [-0.2, -0.15) is 0 Å². The molecule has 0 spiro atoms. The maximum Gasteiger partial charge on any atom is 0.342 e. The molecule has 0 saturated carbocycles. The molecule has 0 aliphatic heterocycles. The lowest BCUT2D eigenvalue weighted by molar-refractivity contribution is -0.112. The Kier molecular flexibility index (Phi) is 8.69. The highest BCUT2D eigenvalue weighted by atomic mass is 32.1. The maximum absolute atomic E-state index is 12.8. The number of thiophene rings is 1. The monoisotopic (exact) mass is 472 g/mol. The molecule has 8 heteroatoms. The Morgan fingerprint density at radius 3 is 2.00 bits per heavy atom. The fraction of sp³-hybridized carbons (Fsp3) is 0.440. The van der Waals surface area contributed by atoms with Gasteiger partial charge in [-0.25, -0.2) is 14.6 Å². The summed E-state index contributed by atoms with van der Waals surface area (Å²) >= 11 is 1.16. The van der Waals surface area contributed by atoms with E-state index in [4.69, 9.17) is 15.2 Å². The van der Waals surface area contributed by atoms with Crippen LogP contribution in [0.15, 0.2) is 29.3 Å². The van der Waals surface area contributed by atoms with Gasteiger partial charge in [0.2, 0.25) is 0 Å². The molecule has 1 heterocycles. The predicted molar refractivity (Wildman–Crippen MR) is 131 cm³/mol. The smallest absolute Gasteiger partial charge is 0.342 e. The van der Waals surface area contributed by atoms with Gasteiger partial charge in [-0.3, -0.25) is 0 Å². The van der Waals surface area contributed by atoms with Gasteiger partial charge in [0.05, 0.1) is 18.8 Å². The molecule has 0 bridgehead atoms. The largest absolute Gasteiger partial charge is 0.462 e. The van der Waals surface area contributed by atoms with E-state index in [0.29, 0.717) is 16.3 Å². The van der Waals surface area contributed by atoms with E-state index in [0.717, 1.165) is 28.7 Å². The highest BCUT2D eigenvalue weighted by molar-refractivity contribution is 7.16. The summed E-state index contributed by atoms with van der Waals surface area (Å²) in [6, 6.07) is 7.48. The Labute approximate surface area is 199 Å².